The van der Waals surface area contributed by atoms with Crippen LogP contribution >= 0.6 is 0 Å². The Morgan fingerprint density at radius 1 is 1.29 bits per heavy atom. The Bertz CT molecular complexity index is 366. The minimum atomic E-state index is 0.0560. The lowest BCUT2D eigenvalue weighted by Crippen LogP contribution is -2.42. The number of fused-ring (bicyclic) bond motifs is 2. The van der Waals surface area contributed by atoms with E-state index in [0.717, 1.165) is 17.8 Å². The average molecular weight is 232 g/mol. The Morgan fingerprint density at radius 3 is 2.59 bits per heavy atom. The van der Waals surface area contributed by atoms with E-state index in [1.165, 1.54) is 25.7 Å². The van der Waals surface area contributed by atoms with Crippen molar-refractivity contribution >= 4 is 0 Å². The lowest BCUT2D eigenvalue weighted by Gasteiger charge is -2.38. The molecule has 4 nitrogen and oxygen atoms in total. The number of aromatic nitrogens is 2. The Kier molecular flexibility index (Phi) is 2.84. The number of hydrogen-bond donors (Lipinski definition) is 1. The second-order valence-electron chi connectivity index (χ2n) is 5.44. The highest BCUT2D eigenvalue weighted by molar-refractivity contribution is 5.06. The molecule has 2 bridgehead atoms. The Morgan fingerprint density at radius 2 is 2.00 bits per heavy atom. The van der Waals surface area contributed by atoms with Crippen LogP contribution in [0.4, 0.5) is 0 Å². The number of nitrogens with zero attached hydrogens (tertiary/aromatic N) is 3. The van der Waals surface area contributed by atoms with Crippen molar-refractivity contribution in [2.24, 2.45) is 11.7 Å². The van der Waals surface area contributed by atoms with Gasteiger partial charge in [-0.15, -0.1) is 0 Å². The molecule has 2 aliphatic rings. The first kappa shape index (κ1) is 11.1. The predicted molar refractivity (Wildman–Crippen MR) is 66.3 cm³/mol. The Labute approximate surface area is 102 Å². The lowest BCUT2D eigenvalue weighted by atomic mass is 9.84. The number of nitrogens with two attached hydrogens (primary N) is 1. The number of piperidine rings is 1. The van der Waals surface area contributed by atoms with Crippen molar-refractivity contribution < 1.29 is 0 Å². The van der Waals surface area contributed by atoms with E-state index in [1.807, 2.05) is 6.20 Å². The summed E-state index contributed by atoms with van der Waals surface area (Å²) in [5.41, 5.74) is 7.29. The summed E-state index contributed by atoms with van der Waals surface area (Å²) in [5, 5.41) is 0. The second-order valence-corrected chi connectivity index (χ2v) is 5.44. The van der Waals surface area contributed by atoms with Crippen molar-refractivity contribution in [3.63, 3.8) is 0 Å². The van der Waals surface area contributed by atoms with E-state index in [1.54, 1.807) is 12.4 Å². The van der Waals surface area contributed by atoms with E-state index in [0.29, 0.717) is 5.92 Å². The molecule has 3 heterocycles. The first-order valence-electron chi connectivity index (χ1n) is 6.49. The van der Waals surface area contributed by atoms with E-state index in [4.69, 9.17) is 5.73 Å². The first-order chi connectivity index (χ1) is 8.25. The van der Waals surface area contributed by atoms with Crippen LogP contribution < -0.4 is 5.73 Å². The lowest BCUT2D eigenvalue weighted by molar-refractivity contribution is 0.120. The molecular weight excluding hydrogens is 212 g/mol. The highest BCUT2D eigenvalue weighted by atomic mass is 15.2. The summed E-state index contributed by atoms with van der Waals surface area (Å²) in [7, 11) is 2.26. The summed E-state index contributed by atoms with van der Waals surface area (Å²) < 4.78 is 0. The maximum atomic E-state index is 6.35. The Hall–Kier alpha value is -1.00. The Balaban J connectivity index is 1.74. The van der Waals surface area contributed by atoms with Crippen LogP contribution in [0.5, 0.6) is 0 Å². The summed E-state index contributed by atoms with van der Waals surface area (Å²) in [6, 6.07) is 1.53. The molecule has 3 rings (SSSR count). The van der Waals surface area contributed by atoms with Gasteiger partial charge in [-0.1, -0.05) is 0 Å². The third-order valence-corrected chi connectivity index (χ3v) is 4.57. The molecule has 2 aliphatic heterocycles. The normalized spacial score (nSPS) is 34.8. The molecule has 3 atom stereocenters. The van der Waals surface area contributed by atoms with E-state index >= 15 is 0 Å². The molecule has 0 saturated carbocycles. The van der Waals surface area contributed by atoms with Crippen LogP contribution in [0.2, 0.25) is 0 Å². The van der Waals surface area contributed by atoms with Gasteiger partial charge < -0.3 is 10.6 Å². The van der Waals surface area contributed by atoms with Crippen molar-refractivity contribution in [3.05, 3.63) is 24.3 Å². The van der Waals surface area contributed by atoms with Crippen molar-refractivity contribution in [1.29, 1.82) is 0 Å². The van der Waals surface area contributed by atoms with Gasteiger partial charge in [0.05, 0.1) is 11.7 Å². The molecule has 2 N–H and O–H groups in total. The largest absolute Gasteiger partial charge is 0.322 e. The van der Waals surface area contributed by atoms with E-state index in [-0.39, 0.29) is 6.04 Å². The topological polar surface area (TPSA) is 55.0 Å². The standard InChI is InChI=1S/C13H20N4/c1-17-10-2-3-11(17)7-9(6-10)13(14)12-8-15-4-5-16-12/h4-5,8-11,13H,2-3,6-7,14H2,1H3. The highest BCUT2D eigenvalue weighted by Crippen LogP contribution is 2.41. The van der Waals surface area contributed by atoms with Crippen LogP contribution in [0, 0.1) is 5.92 Å². The number of hydrogen-bond acceptors (Lipinski definition) is 4. The third-order valence-electron chi connectivity index (χ3n) is 4.57. The van der Waals surface area contributed by atoms with Gasteiger partial charge >= 0.3 is 0 Å². The summed E-state index contributed by atoms with van der Waals surface area (Å²) >= 11 is 0. The van der Waals surface area contributed by atoms with E-state index in [2.05, 4.69) is 21.9 Å². The fraction of sp³-hybridized carbons (Fsp3) is 0.692. The average Bonchev–Trinajstić information content (AvgIpc) is 2.61. The van der Waals surface area contributed by atoms with Crippen LogP contribution in [-0.4, -0.2) is 34.0 Å². The smallest absolute Gasteiger partial charge is 0.0756 e. The zero-order valence-corrected chi connectivity index (χ0v) is 10.3. The van der Waals surface area contributed by atoms with Gasteiger partial charge in [0.25, 0.3) is 0 Å². The molecule has 92 valence electrons. The second kappa shape index (κ2) is 4.35. The molecule has 3 unspecified atom stereocenters. The van der Waals surface area contributed by atoms with Crippen molar-refractivity contribution in [3.8, 4) is 0 Å². The molecule has 0 spiro atoms. The van der Waals surface area contributed by atoms with E-state index in [9.17, 15) is 0 Å². The zero-order valence-electron chi connectivity index (χ0n) is 10.3. The van der Waals surface area contributed by atoms with Gasteiger partial charge in [0.1, 0.15) is 0 Å². The minimum Gasteiger partial charge on any atom is -0.322 e. The summed E-state index contributed by atoms with van der Waals surface area (Å²) in [6.07, 6.45) is 10.4. The molecule has 17 heavy (non-hydrogen) atoms. The van der Waals surface area contributed by atoms with E-state index < -0.39 is 0 Å². The summed E-state index contributed by atoms with van der Waals surface area (Å²) in [4.78, 5) is 11.0. The van der Waals surface area contributed by atoms with Crippen molar-refractivity contribution in [2.75, 3.05) is 7.05 Å². The molecule has 0 aliphatic carbocycles. The third kappa shape index (κ3) is 1.96. The monoisotopic (exact) mass is 232 g/mol. The molecule has 1 aromatic rings. The van der Waals surface area contributed by atoms with Gasteiger partial charge in [-0.2, -0.15) is 0 Å². The van der Waals surface area contributed by atoms with Crippen LogP contribution in [0.1, 0.15) is 37.4 Å². The zero-order chi connectivity index (χ0) is 11.8. The fourth-order valence-electron chi connectivity index (χ4n) is 3.47. The number of rotatable bonds is 2. The van der Waals surface area contributed by atoms with Crippen LogP contribution in [-0.2, 0) is 0 Å². The van der Waals surface area contributed by atoms with Gasteiger partial charge in [0.15, 0.2) is 0 Å². The van der Waals surface area contributed by atoms with Gasteiger partial charge in [-0.25, -0.2) is 0 Å². The fourth-order valence-corrected chi connectivity index (χ4v) is 3.47. The van der Waals surface area contributed by atoms with Crippen LogP contribution in [0.3, 0.4) is 0 Å². The first-order valence-corrected chi connectivity index (χ1v) is 6.49. The molecule has 2 saturated heterocycles. The molecule has 0 amide bonds. The molecule has 0 radical (unpaired) electrons. The summed E-state index contributed by atoms with van der Waals surface area (Å²) in [5.74, 6) is 0.570. The minimum absolute atomic E-state index is 0.0560. The van der Waals surface area contributed by atoms with Crippen LogP contribution in [0.25, 0.3) is 0 Å². The van der Waals surface area contributed by atoms with Crippen LogP contribution in [0.15, 0.2) is 18.6 Å². The SMILES string of the molecule is CN1C2CCC1CC(C(N)c1cnccn1)C2. The van der Waals surface area contributed by atoms with Gasteiger partial charge in [-0.05, 0) is 38.6 Å². The molecule has 1 aromatic heterocycles. The predicted octanol–water partition coefficient (Wildman–Crippen LogP) is 1.35. The molecule has 0 aromatic carbocycles. The van der Waals surface area contributed by atoms with Gasteiger partial charge in [0.2, 0.25) is 0 Å². The van der Waals surface area contributed by atoms with Gasteiger partial charge in [0, 0.05) is 30.7 Å². The maximum absolute atomic E-state index is 6.35. The molecule has 4 heteroatoms. The molecule has 2 fully saturated rings. The molecular formula is C13H20N4. The van der Waals surface area contributed by atoms with Crippen molar-refractivity contribution in [1.82, 2.24) is 14.9 Å². The highest BCUT2D eigenvalue weighted by Gasteiger charge is 2.40. The maximum Gasteiger partial charge on any atom is 0.0756 e. The van der Waals surface area contributed by atoms with Gasteiger partial charge in [-0.3, -0.25) is 9.97 Å². The quantitative estimate of drug-likeness (QED) is 0.836. The van der Waals surface area contributed by atoms with Crippen molar-refractivity contribution in [2.45, 2.75) is 43.8 Å². The summed E-state index contributed by atoms with van der Waals surface area (Å²) in [6.45, 7) is 0.